The van der Waals surface area contributed by atoms with E-state index in [4.69, 9.17) is 5.73 Å². The molecule has 0 saturated carbocycles. The van der Waals surface area contributed by atoms with Gasteiger partial charge < -0.3 is 5.73 Å². The smallest absolute Gasteiger partial charge is 0.280 e. The minimum absolute atomic E-state index is 0.225. The normalized spacial score (nSPS) is 15.4. The first-order valence-electron chi connectivity index (χ1n) is 7.04. The maximum atomic E-state index is 12.7. The van der Waals surface area contributed by atoms with E-state index >= 15 is 0 Å². The van der Waals surface area contributed by atoms with Crippen molar-refractivity contribution >= 4 is 21.6 Å². The van der Waals surface area contributed by atoms with Crippen molar-refractivity contribution in [2.45, 2.75) is 19.9 Å². The van der Waals surface area contributed by atoms with E-state index in [1.54, 1.807) is 13.1 Å². The number of fused-ring (bicyclic) bond motifs is 1. The molecule has 9 heteroatoms. The number of hydrogen-bond acceptors (Lipinski definition) is 6. The molecule has 1 aliphatic heterocycles. The van der Waals surface area contributed by atoms with Gasteiger partial charge in [0, 0.05) is 25.5 Å². The highest BCUT2D eigenvalue weighted by atomic mass is 32.2. The second-order valence-corrected chi connectivity index (χ2v) is 7.56. The van der Waals surface area contributed by atoms with Crippen LogP contribution in [-0.4, -0.2) is 46.2 Å². The molecule has 0 aromatic carbocycles. The summed E-state index contributed by atoms with van der Waals surface area (Å²) in [4.78, 5) is 16.8. The molecule has 8 nitrogen and oxygen atoms in total. The SMILES string of the molecule is Cc1c(N)cnn1C(=O)c1cncc2c1CCN(S(C)(=O)=O)C2. The van der Waals surface area contributed by atoms with Gasteiger partial charge in [0.2, 0.25) is 10.0 Å². The van der Waals surface area contributed by atoms with Crippen LogP contribution in [0.25, 0.3) is 0 Å². The van der Waals surface area contributed by atoms with Gasteiger partial charge in [0.05, 0.1) is 29.4 Å². The topological polar surface area (TPSA) is 111 Å². The molecule has 0 amide bonds. The van der Waals surface area contributed by atoms with Crippen LogP contribution in [0.3, 0.4) is 0 Å². The summed E-state index contributed by atoms with van der Waals surface area (Å²) in [6.45, 7) is 2.29. The first-order valence-corrected chi connectivity index (χ1v) is 8.89. The lowest BCUT2D eigenvalue weighted by Crippen LogP contribution is -2.36. The van der Waals surface area contributed by atoms with Gasteiger partial charge in [0.15, 0.2) is 0 Å². The van der Waals surface area contributed by atoms with Gasteiger partial charge in [-0.1, -0.05) is 0 Å². The number of aromatic nitrogens is 3. The molecule has 0 atom stereocenters. The summed E-state index contributed by atoms with van der Waals surface area (Å²) in [6, 6.07) is 0. The van der Waals surface area contributed by atoms with Crippen LogP contribution in [0.1, 0.15) is 27.2 Å². The quantitative estimate of drug-likeness (QED) is 0.838. The Kier molecular flexibility index (Phi) is 3.69. The highest BCUT2D eigenvalue weighted by molar-refractivity contribution is 7.88. The zero-order chi connectivity index (χ0) is 16.8. The number of hydrogen-bond donors (Lipinski definition) is 1. The zero-order valence-corrected chi connectivity index (χ0v) is 13.7. The second kappa shape index (κ2) is 5.43. The van der Waals surface area contributed by atoms with Crippen molar-refractivity contribution in [2.75, 3.05) is 18.5 Å². The summed E-state index contributed by atoms with van der Waals surface area (Å²) in [5, 5.41) is 4.00. The molecule has 122 valence electrons. The predicted octanol–water partition coefficient (Wildman–Crippen LogP) is 0.175. The number of nitrogens with zero attached hydrogens (tertiary/aromatic N) is 4. The van der Waals surface area contributed by atoms with E-state index < -0.39 is 10.0 Å². The lowest BCUT2D eigenvalue weighted by Gasteiger charge is -2.27. The van der Waals surface area contributed by atoms with E-state index in [0.717, 1.165) is 11.1 Å². The van der Waals surface area contributed by atoms with E-state index in [0.29, 0.717) is 29.9 Å². The number of pyridine rings is 1. The van der Waals surface area contributed by atoms with Gasteiger partial charge in [-0.15, -0.1) is 0 Å². The van der Waals surface area contributed by atoms with Gasteiger partial charge in [-0.25, -0.2) is 8.42 Å². The molecular weight excluding hydrogens is 318 g/mol. The average molecular weight is 335 g/mol. The van der Waals surface area contributed by atoms with Gasteiger partial charge in [0.25, 0.3) is 5.91 Å². The van der Waals surface area contributed by atoms with Crippen LogP contribution in [0.4, 0.5) is 5.69 Å². The molecule has 23 heavy (non-hydrogen) atoms. The highest BCUT2D eigenvalue weighted by Gasteiger charge is 2.27. The van der Waals surface area contributed by atoms with Gasteiger partial charge >= 0.3 is 0 Å². The summed E-state index contributed by atoms with van der Waals surface area (Å²) in [5.74, 6) is -0.309. The molecule has 0 fully saturated rings. The highest BCUT2D eigenvalue weighted by Crippen LogP contribution is 2.24. The molecule has 0 unspecified atom stereocenters. The Labute approximate surface area is 134 Å². The summed E-state index contributed by atoms with van der Waals surface area (Å²) >= 11 is 0. The molecule has 0 spiro atoms. The van der Waals surface area contributed by atoms with Crippen molar-refractivity contribution in [2.24, 2.45) is 0 Å². The van der Waals surface area contributed by atoms with Crippen LogP contribution in [0.15, 0.2) is 18.6 Å². The molecule has 2 aromatic heterocycles. The standard InChI is InChI=1S/C14H17N5O3S/c1-9-13(15)7-17-19(9)14(20)12-6-16-5-10-8-18(23(2,21)22)4-3-11(10)12/h5-7H,3-4,8,15H2,1-2H3. The van der Waals surface area contributed by atoms with Crippen LogP contribution in [0.5, 0.6) is 0 Å². The summed E-state index contributed by atoms with van der Waals surface area (Å²) in [7, 11) is -3.27. The third-order valence-electron chi connectivity index (χ3n) is 4.04. The van der Waals surface area contributed by atoms with Crippen LogP contribution in [-0.2, 0) is 23.0 Å². The van der Waals surface area contributed by atoms with E-state index in [1.165, 1.54) is 27.6 Å². The first-order chi connectivity index (χ1) is 10.8. The average Bonchev–Trinajstić information content (AvgIpc) is 2.84. The third kappa shape index (κ3) is 2.73. The van der Waals surface area contributed by atoms with Crippen molar-refractivity contribution in [1.82, 2.24) is 19.1 Å². The number of nitrogen functional groups attached to an aromatic ring is 1. The molecule has 0 aliphatic carbocycles. The molecule has 0 saturated heterocycles. The van der Waals surface area contributed by atoms with Crippen LogP contribution < -0.4 is 5.73 Å². The number of sulfonamides is 1. The number of rotatable bonds is 2. The van der Waals surface area contributed by atoms with Crippen molar-refractivity contribution in [3.05, 3.63) is 41.0 Å². The van der Waals surface area contributed by atoms with Crippen molar-refractivity contribution in [1.29, 1.82) is 0 Å². The number of nitrogens with two attached hydrogens (primary N) is 1. The van der Waals surface area contributed by atoms with Gasteiger partial charge in [-0.2, -0.15) is 14.1 Å². The minimum Gasteiger partial charge on any atom is -0.396 e. The molecule has 2 aromatic rings. The van der Waals surface area contributed by atoms with Gasteiger partial charge in [-0.3, -0.25) is 9.78 Å². The molecule has 3 heterocycles. The molecule has 1 aliphatic rings. The lowest BCUT2D eigenvalue weighted by atomic mass is 9.98. The van der Waals surface area contributed by atoms with E-state index in [9.17, 15) is 13.2 Å². The molecule has 2 N–H and O–H groups in total. The van der Waals surface area contributed by atoms with Crippen LogP contribution in [0, 0.1) is 6.92 Å². The summed E-state index contributed by atoms with van der Waals surface area (Å²) in [5.41, 5.74) is 8.74. The monoisotopic (exact) mass is 335 g/mol. The predicted molar refractivity (Wildman–Crippen MR) is 84.3 cm³/mol. The molecular formula is C14H17N5O3S. The fraction of sp³-hybridized carbons (Fsp3) is 0.357. The minimum atomic E-state index is -3.27. The Balaban J connectivity index is 2.01. The Morgan fingerprint density at radius 1 is 1.30 bits per heavy atom. The largest absolute Gasteiger partial charge is 0.396 e. The first kappa shape index (κ1) is 15.6. The van der Waals surface area contributed by atoms with Gasteiger partial charge in [0.1, 0.15) is 0 Å². The fourth-order valence-electron chi connectivity index (χ4n) is 2.68. The Hall–Kier alpha value is -2.26. The van der Waals surface area contributed by atoms with Gasteiger partial charge in [-0.05, 0) is 24.5 Å². The zero-order valence-electron chi connectivity index (χ0n) is 12.9. The fourth-order valence-corrected chi connectivity index (χ4v) is 3.47. The van der Waals surface area contributed by atoms with E-state index in [1.807, 2.05) is 0 Å². The summed E-state index contributed by atoms with van der Waals surface area (Å²) < 4.78 is 26.0. The lowest BCUT2D eigenvalue weighted by molar-refractivity contribution is 0.0941. The maximum absolute atomic E-state index is 12.7. The van der Waals surface area contributed by atoms with E-state index in [2.05, 4.69) is 10.1 Å². The molecule has 0 bridgehead atoms. The third-order valence-corrected chi connectivity index (χ3v) is 5.29. The van der Waals surface area contributed by atoms with Crippen LogP contribution >= 0.6 is 0 Å². The number of carbonyl (C=O) groups excluding carboxylic acids is 1. The van der Waals surface area contributed by atoms with E-state index in [-0.39, 0.29) is 12.5 Å². The van der Waals surface area contributed by atoms with Crippen LogP contribution in [0.2, 0.25) is 0 Å². The molecule has 3 rings (SSSR count). The Morgan fingerprint density at radius 2 is 2.04 bits per heavy atom. The van der Waals surface area contributed by atoms with Crippen molar-refractivity contribution in [3.63, 3.8) is 0 Å². The molecule has 0 radical (unpaired) electrons. The Morgan fingerprint density at radius 3 is 2.65 bits per heavy atom. The second-order valence-electron chi connectivity index (χ2n) is 5.57. The maximum Gasteiger partial charge on any atom is 0.280 e. The summed E-state index contributed by atoms with van der Waals surface area (Å²) in [6.07, 6.45) is 6.17. The Bertz CT molecular complexity index is 888. The van der Waals surface area contributed by atoms with Crippen molar-refractivity contribution < 1.29 is 13.2 Å². The number of anilines is 1. The number of carbonyl (C=O) groups is 1. The van der Waals surface area contributed by atoms with Crippen molar-refractivity contribution in [3.8, 4) is 0 Å².